The Hall–Kier alpha value is -1.94. The smallest absolute Gasteiger partial charge is 0.462 e. The fraction of sp³-hybridized carbons (Fsp3) is 0.949. The molecule has 0 aromatic rings. The van der Waals surface area contributed by atoms with Crippen LogP contribution in [0.1, 0.15) is 408 Å². The minimum atomic E-state index is -4.96. The lowest BCUT2D eigenvalue weighted by Crippen LogP contribution is -2.30. The Labute approximate surface area is 600 Å². The quantitative estimate of drug-likeness (QED) is 0.0222. The highest BCUT2D eigenvalue weighted by molar-refractivity contribution is 7.47. The maximum Gasteiger partial charge on any atom is 0.472 e. The molecule has 0 spiro atoms. The van der Waals surface area contributed by atoms with Crippen molar-refractivity contribution >= 4 is 39.5 Å². The van der Waals surface area contributed by atoms with Crippen LogP contribution >= 0.6 is 15.6 Å². The fourth-order valence-corrected chi connectivity index (χ4v) is 13.6. The third-order valence-electron chi connectivity index (χ3n) is 19.1. The van der Waals surface area contributed by atoms with E-state index in [1.165, 1.54) is 212 Å². The van der Waals surface area contributed by atoms with Crippen molar-refractivity contribution in [2.45, 2.75) is 426 Å². The van der Waals surface area contributed by atoms with Gasteiger partial charge >= 0.3 is 39.5 Å². The number of carbonyl (C=O) groups is 4. The summed E-state index contributed by atoms with van der Waals surface area (Å²) in [5.41, 5.74) is 0. The first kappa shape index (κ1) is 96.1. The minimum absolute atomic E-state index is 0.104. The highest BCUT2D eigenvalue weighted by Gasteiger charge is 2.30. The van der Waals surface area contributed by atoms with E-state index in [9.17, 15) is 43.2 Å². The van der Waals surface area contributed by atoms with Crippen LogP contribution in [0.2, 0.25) is 0 Å². The van der Waals surface area contributed by atoms with Gasteiger partial charge in [0.15, 0.2) is 12.2 Å². The molecule has 0 saturated carbocycles. The summed E-state index contributed by atoms with van der Waals surface area (Å²) in [6.07, 6.45) is 56.9. The van der Waals surface area contributed by atoms with E-state index in [1.807, 2.05) is 0 Å². The lowest BCUT2D eigenvalue weighted by atomic mass is 9.99. The molecule has 0 aliphatic heterocycles. The predicted molar refractivity (Wildman–Crippen MR) is 400 cm³/mol. The molecule has 7 atom stereocenters. The molecule has 17 nitrogen and oxygen atoms in total. The van der Waals surface area contributed by atoms with Gasteiger partial charge in [-0.25, -0.2) is 9.13 Å². The molecular weight excluding hydrogens is 1280 g/mol. The van der Waals surface area contributed by atoms with E-state index in [0.29, 0.717) is 31.6 Å². The summed E-state index contributed by atoms with van der Waals surface area (Å²) in [4.78, 5) is 72.9. The van der Waals surface area contributed by atoms with Crippen molar-refractivity contribution in [2.24, 2.45) is 17.8 Å². The first-order valence-corrected chi connectivity index (χ1v) is 43.9. The summed E-state index contributed by atoms with van der Waals surface area (Å²) >= 11 is 0. The largest absolute Gasteiger partial charge is 0.472 e. The molecule has 0 radical (unpaired) electrons. The number of ether oxygens (including phenoxy) is 4. The van der Waals surface area contributed by atoms with Crippen molar-refractivity contribution in [1.29, 1.82) is 0 Å². The zero-order valence-electron chi connectivity index (χ0n) is 64.3. The van der Waals surface area contributed by atoms with Crippen molar-refractivity contribution in [1.82, 2.24) is 0 Å². The third kappa shape index (κ3) is 69.8. The van der Waals surface area contributed by atoms with Crippen LogP contribution in [0, 0.1) is 17.8 Å². The first-order chi connectivity index (χ1) is 47.3. The summed E-state index contributed by atoms with van der Waals surface area (Å²) in [6, 6.07) is 0. The Morgan fingerprint density at radius 3 is 0.776 bits per heavy atom. The zero-order chi connectivity index (χ0) is 72.3. The lowest BCUT2D eigenvalue weighted by molar-refractivity contribution is -0.161. The Morgan fingerprint density at radius 2 is 0.520 bits per heavy atom. The molecule has 0 heterocycles. The van der Waals surface area contributed by atoms with Crippen LogP contribution in [0.5, 0.6) is 0 Å². The molecule has 0 bridgehead atoms. The molecular formula is C79H154O17P2. The first-order valence-electron chi connectivity index (χ1n) is 40.9. The van der Waals surface area contributed by atoms with Gasteiger partial charge < -0.3 is 33.8 Å². The Balaban J connectivity index is 5.20. The molecule has 98 heavy (non-hydrogen) atoms. The predicted octanol–water partition coefficient (Wildman–Crippen LogP) is 23.4. The molecule has 0 aliphatic carbocycles. The second-order valence-corrected chi connectivity index (χ2v) is 32.3. The standard InChI is InChI=1S/C79H154O17P2/c1-8-11-12-13-14-15-16-17-25-28-31-39-46-53-60-76(81)89-66-74(95-78(83)62-55-48-40-32-29-26-23-21-19-18-20-22-24-27-30-37-44-51-58-71(6)9-2)68-93-97(85,86)91-64-73(80)65-92-98(87,88)94-69-75(67-90-77(82)61-54-47-42-35-36-43-50-57-70(4)5)96-79(84)63-56-49-41-34-33-38-45-52-59-72(7)10-3/h70-75,80H,8-69H2,1-7H3,(H,85,86)(H,87,88)/t71?,72?,73-,74-,75-/m1/s1. The number of phosphoric ester groups is 2. The van der Waals surface area contributed by atoms with Gasteiger partial charge in [-0.3, -0.25) is 37.3 Å². The molecule has 0 amide bonds. The van der Waals surface area contributed by atoms with Gasteiger partial charge in [-0.2, -0.15) is 0 Å². The number of rotatable bonds is 77. The number of aliphatic hydroxyl groups is 1. The van der Waals surface area contributed by atoms with E-state index in [4.69, 9.17) is 37.0 Å². The van der Waals surface area contributed by atoms with Crippen molar-refractivity contribution in [2.75, 3.05) is 39.6 Å². The van der Waals surface area contributed by atoms with Crippen molar-refractivity contribution in [3.8, 4) is 0 Å². The number of hydrogen-bond donors (Lipinski definition) is 3. The van der Waals surface area contributed by atoms with Gasteiger partial charge in [0.05, 0.1) is 26.4 Å². The lowest BCUT2D eigenvalue weighted by Gasteiger charge is -2.21. The normalized spacial score (nSPS) is 14.6. The van der Waals surface area contributed by atoms with E-state index in [0.717, 1.165) is 108 Å². The van der Waals surface area contributed by atoms with Gasteiger partial charge in [0.1, 0.15) is 19.3 Å². The van der Waals surface area contributed by atoms with Gasteiger partial charge in [-0.1, -0.05) is 357 Å². The highest BCUT2D eigenvalue weighted by Crippen LogP contribution is 2.45. The third-order valence-corrected chi connectivity index (χ3v) is 21.0. The monoisotopic (exact) mass is 1440 g/mol. The van der Waals surface area contributed by atoms with Crippen LogP contribution in [0.4, 0.5) is 0 Å². The van der Waals surface area contributed by atoms with Gasteiger partial charge in [0.2, 0.25) is 0 Å². The van der Waals surface area contributed by atoms with Crippen LogP contribution in [-0.4, -0.2) is 96.7 Å². The van der Waals surface area contributed by atoms with Gasteiger partial charge in [-0.15, -0.1) is 0 Å². The number of aliphatic hydroxyl groups excluding tert-OH is 1. The van der Waals surface area contributed by atoms with Gasteiger partial charge in [-0.05, 0) is 43.4 Å². The molecule has 0 saturated heterocycles. The van der Waals surface area contributed by atoms with E-state index >= 15 is 0 Å². The molecule has 19 heteroatoms. The van der Waals surface area contributed by atoms with Crippen molar-refractivity contribution in [3.63, 3.8) is 0 Å². The number of carbonyl (C=O) groups excluding carboxylic acids is 4. The summed E-state index contributed by atoms with van der Waals surface area (Å²) < 4.78 is 68.6. The average molecular weight is 1440 g/mol. The summed E-state index contributed by atoms with van der Waals surface area (Å²) in [5, 5.41) is 10.6. The SMILES string of the molecule is CCCCCCCCCCCCCCCCC(=O)OC[C@H](COP(=O)(O)OC[C@@H](O)COP(=O)(O)OC[C@@H](COC(=O)CCCCCCCCCC(C)C)OC(=O)CCCCCCCCCCC(C)CC)OC(=O)CCCCCCCCCCCCCCCCCCCCC(C)CC. The van der Waals surface area contributed by atoms with Gasteiger partial charge in [0, 0.05) is 25.7 Å². The van der Waals surface area contributed by atoms with E-state index in [1.54, 1.807) is 0 Å². The Kier molecular flexibility index (Phi) is 68.1. The number of phosphoric acid groups is 2. The molecule has 0 aromatic heterocycles. The maximum absolute atomic E-state index is 13.1. The molecule has 0 fully saturated rings. The Bertz CT molecular complexity index is 1910. The summed E-state index contributed by atoms with van der Waals surface area (Å²) in [5.74, 6) is 0.229. The maximum atomic E-state index is 13.1. The molecule has 0 aliphatic rings. The van der Waals surface area contributed by atoms with Crippen molar-refractivity contribution < 1.29 is 80.2 Å². The molecule has 0 rings (SSSR count). The van der Waals surface area contributed by atoms with E-state index < -0.39 is 97.5 Å². The fourth-order valence-electron chi connectivity index (χ4n) is 12.1. The van der Waals surface area contributed by atoms with E-state index in [-0.39, 0.29) is 25.7 Å². The molecule has 4 unspecified atom stereocenters. The minimum Gasteiger partial charge on any atom is -0.462 e. The summed E-state index contributed by atoms with van der Waals surface area (Å²) in [7, 11) is -9.92. The Morgan fingerprint density at radius 1 is 0.296 bits per heavy atom. The average Bonchev–Trinajstić information content (AvgIpc) is 1.11. The zero-order valence-corrected chi connectivity index (χ0v) is 66.0. The van der Waals surface area contributed by atoms with Crippen molar-refractivity contribution in [3.05, 3.63) is 0 Å². The van der Waals surface area contributed by atoms with Crippen LogP contribution in [0.15, 0.2) is 0 Å². The topological polar surface area (TPSA) is 237 Å². The number of unbranched alkanes of at least 4 members (excludes halogenated alkanes) is 43. The van der Waals surface area contributed by atoms with Crippen LogP contribution in [0.25, 0.3) is 0 Å². The second-order valence-electron chi connectivity index (χ2n) is 29.4. The molecule has 3 N–H and O–H groups in total. The number of esters is 4. The highest BCUT2D eigenvalue weighted by atomic mass is 31.2. The van der Waals surface area contributed by atoms with E-state index in [2.05, 4.69) is 48.5 Å². The van der Waals surface area contributed by atoms with Gasteiger partial charge in [0.25, 0.3) is 0 Å². The second kappa shape index (κ2) is 69.4. The van der Waals surface area contributed by atoms with Crippen LogP contribution in [-0.2, 0) is 65.4 Å². The summed E-state index contributed by atoms with van der Waals surface area (Å²) in [6.45, 7) is 11.9. The number of hydrogen-bond acceptors (Lipinski definition) is 15. The molecule has 582 valence electrons. The van der Waals surface area contributed by atoms with Crippen LogP contribution in [0.3, 0.4) is 0 Å². The molecule has 0 aromatic carbocycles. The van der Waals surface area contributed by atoms with Crippen LogP contribution < -0.4 is 0 Å².